The fourth-order valence-electron chi connectivity index (χ4n) is 1.15. The molecule has 1 saturated heterocycles. The maximum Gasteiger partial charge on any atom is 0.271 e. The predicted molar refractivity (Wildman–Crippen MR) is 49.4 cm³/mol. The summed E-state index contributed by atoms with van der Waals surface area (Å²) in [6.07, 6.45) is 2.10. The molecule has 0 aliphatic carbocycles. The number of hydrazine groups is 1. The largest absolute Gasteiger partial charge is 0.470 e. The summed E-state index contributed by atoms with van der Waals surface area (Å²) in [5.74, 6) is 5.61. The first kappa shape index (κ1) is 9.70. The van der Waals surface area contributed by atoms with Crippen LogP contribution in [0.25, 0.3) is 0 Å². The van der Waals surface area contributed by atoms with Gasteiger partial charge in [-0.2, -0.15) is 0 Å². The number of hydrogen-bond donors (Lipinski definition) is 2. The highest BCUT2D eigenvalue weighted by Crippen LogP contribution is 2.14. The smallest absolute Gasteiger partial charge is 0.271 e. The molecule has 0 aromatic heterocycles. The lowest BCUT2D eigenvalue weighted by Crippen LogP contribution is -2.32. The third kappa shape index (κ3) is 3.34. The monoisotopic (exact) mass is 190 g/mol. The van der Waals surface area contributed by atoms with Crippen LogP contribution in [0.4, 0.5) is 0 Å². The standard InChI is InChI=1S/C7H14N2O2S/c8-9-7(12)11-5-6-1-3-10-4-2-6/h6H,1-5,8H2,(H,9,12). The molecular weight excluding hydrogens is 176 g/mol. The minimum absolute atomic E-state index is 0.265. The van der Waals surface area contributed by atoms with E-state index in [4.69, 9.17) is 27.5 Å². The quantitative estimate of drug-likeness (QED) is 0.369. The molecule has 0 spiro atoms. The molecule has 0 radical (unpaired) electrons. The van der Waals surface area contributed by atoms with Gasteiger partial charge in [-0.05, 0) is 31.0 Å². The average molecular weight is 190 g/mol. The SMILES string of the molecule is NNC(=S)OCC1CCOCC1. The van der Waals surface area contributed by atoms with Gasteiger partial charge in [0.25, 0.3) is 5.17 Å². The summed E-state index contributed by atoms with van der Waals surface area (Å²) in [4.78, 5) is 0. The molecule has 3 N–H and O–H groups in total. The van der Waals surface area contributed by atoms with Gasteiger partial charge in [0, 0.05) is 13.2 Å². The van der Waals surface area contributed by atoms with Gasteiger partial charge in [-0.15, -0.1) is 0 Å². The van der Waals surface area contributed by atoms with Crippen LogP contribution in [0.15, 0.2) is 0 Å². The Balaban J connectivity index is 2.09. The topological polar surface area (TPSA) is 56.5 Å². The minimum atomic E-state index is 0.265. The Morgan fingerprint density at radius 1 is 1.58 bits per heavy atom. The Hall–Kier alpha value is -0.390. The van der Waals surface area contributed by atoms with Crippen LogP contribution in [-0.4, -0.2) is 25.0 Å². The second-order valence-corrected chi connectivity index (χ2v) is 3.17. The van der Waals surface area contributed by atoms with Crippen LogP contribution in [0.5, 0.6) is 0 Å². The summed E-state index contributed by atoms with van der Waals surface area (Å²) in [7, 11) is 0. The van der Waals surface area contributed by atoms with Crippen LogP contribution < -0.4 is 11.3 Å². The first-order valence-corrected chi connectivity index (χ1v) is 4.45. The second kappa shape index (κ2) is 5.29. The molecule has 70 valence electrons. The fraction of sp³-hybridized carbons (Fsp3) is 0.857. The number of nitrogens with two attached hydrogens (primary N) is 1. The Morgan fingerprint density at radius 2 is 2.25 bits per heavy atom. The molecule has 12 heavy (non-hydrogen) atoms. The number of nitrogens with one attached hydrogen (secondary N) is 1. The van der Waals surface area contributed by atoms with E-state index in [-0.39, 0.29) is 5.17 Å². The van der Waals surface area contributed by atoms with Gasteiger partial charge in [-0.3, -0.25) is 5.43 Å². The maximum absolute atomic E-state index is 5.20. The van der Waals surface area contributed by atoms with Crippen molar-refractivity contribution in [1.82, 2.24) is 5.43 Å². The van der Waals surface area contributed by atoms with Crippen molar-refractivity contribution in [2.45, 2.75) is 12.8 Å². The molecule has 0 aromatic rings. The summed E-state index contributed by atoms with van der Waals surface area (Å²) in [6.45, 7) is 2.31. The molecule has 1 rings (SSSR count). The molecule has 1 fully saturated rings. The summed E-state index contributed by atoms with van der Waals surface area (Å²) in [5.41, 5.74) is 2.28. The molecule has 0 bridgehead atoms. The van der Waals surface area contributed by atoms with Gasteiger partial charge in [0.2, 0.25) is 0 Å². The van der Waals surface area contributed by atoms with Crippen molar-refractivity contribution in [3.05, 3.63) is 0 Å². The molecule has 0 saturated carbocycles. The normalized spacial score (nSPS) is 18.8. The maximum atomic E-state index is 5.20. The number of rotatable bonds is 2. The molecule has 0 unspecified atom stereocenters. The second-order valence-electron chi connectivity index (χ2n) is 2.80. The average Bonchev–Trinajstić information content (AvgIpc) is 2.16. The van der Waals surface area contributed by atoms with E-state index in [1.807, 2.05) is 0 Å². The van der Waals surface area contributed by atoms with E-state index in [1.165, 1.54) is 0 Å². The number of ether oxygens (including phenoxy) is 2. The van der Waals surface area contributed by atoms with E-state index in [0.29, 0.717) is 12.5 Å². The fourth-order valence-corrected chi connectivity index (χ4v) is 1.22. The molecular formula is C7H14N2O2S. The van der Waals surface area contributed by atoms with E-state index in [9.17, 15) is 0 Å². The van der Waals surface area contributed by atoms with Gasteiger partial charge in [0.05, 0.1) is 6.61 Å². The molecule has 1 heterocycles. The molecule has 0 atom stereocenters. The van der Waals surface area contributed by atoms with Gasteiger partial charge >= 0.3 is 0 Å². The van der Waals surface area contributed by atoms with E-state index in [1.54, 1.807) is 0 Å². The Morgan fingerprint density at radius 3 is 2.83 bits per heavy atom. The van der Waals surface area contributed by atoms with Gasteiger partial charge < -0.3 is 9.47 Å². The van der Waals surface area contributed by atoms with Crippen LogP contribution in [0.2, 0.25) is 0 Å². The van der Waals surface area contributed by atoms with Gasteiger partial charge in [-0.1, -0.05) is 0 Å². The van der Waals surface area contributed by atoms with Crippen molar-refractivity contribution in [2.24, 2.45) is 11.8 Å². The summed E-state index contributed by atoms with van der Waals surface area (Å²) in [6, 6.07) is 0. The lowest BCUT2D eigenvalue weighted by Gasteiger charge is -2.21. The van der Waals surface area contributed by atoms with Gasteiger partial charge in [-0.25, -0.2) is 5.84 Å². The van der Waals surface area contributed by atoms with Crippen LogP contribution in [0.3, 0.4) is 0 Å². The summed E-state index contributed by atoms with van der Waals surface area (Å²) in [5, 5.41) is 0.265. The lowest BCUT2D eigenvalue weighted by atomic mass is 10.0. The highest BCUT2D eigenvalue weighted by molar-refractivity contribution is 7.80. The Bertz CT molecular complexity index is 148. The van der Waals surface area contributed by atoms with Crippen molar-refractivity contribution < 1.29 is 9.47 Å². The Kier molecular flexibility index (Phi) is 4.27. The van der Waals surface area contributed by atoms with E-state index < -0.39 is 0 Å². The zero-order chi connectivity index (χ0) is 8.81. The van der Waals surface area contributed by atoms with E-state index in [0.717, 1.165) is 26.1 Å². The van der Waals surface area contributed by atoms with Crippen LogP contribution in [0, 0.1) is 5.92 Å². The molecule has 0 aromatic carbocycles. The van der Waals surface area contributed by atoms with Crippen molar-refractivity contribution >= 4 is 17.4 Å². The van der Waals surface area contributed by atoms with Crippen molar-refractivity contribution in [1.29, 1.82) is 0 Å². The predicted octanol–water partition coefficient (Wildman–Crippen LogP) is 0.178. The van der Waals surface area contributed by atoms with Crippen molar-refractivity contribution in [2.75, 3.05) is 19.8 Å². The van der Waals surface area contributed by atoms with Gasteiger partial charge in [0.15, 0.2) is 0 Å². The molecule has 1 aliphatic rings. The third-order valence-corrected chi connectivity index (χ3v) is 2.14. The number of hydrogen-bond acceptors (Lipinski definition) is 4. The van der Waals surface area contributed by atoms with E-state index in [2.05, 4.69) is 5.43 Å². The first-order chi connectivity index (χ1) is 5.83. The van der Waals surface area contributed by atoms with Crippen LogP contribution >= 0.6 is 12.2 Å². The Labute approximate surface area is 77.4 Å². The lowest BCUT2D eigenvalue weighted by molar-refractivity contribution is 0.0476. The summed E-state index contributed by atoms with van der Waals surface area (Å²) >= 11 is 4.73. The highest BCUT2D eigenvalue weighted by atomic mass is 32.1. The highest BCUT2D eigenvalue weighted by Gasteiger charge is 2.14. The van der Waals surface area contributed by atoms with E-state index >= 15 is 0 Å². The zero-order valence-corrected chi connectivity index (χ0v) is 7.73. The minimum Gasteiger partial charge on any atom is -0.470 e. The van der Waals surface area contributed by atoms with Crippen LogP contribution in [-0.2, 0) is 9.47 Å². The molecule has 0 amide bonds. The zero-order valence-electron chi connectivity index (χ0n) is 6.91. The molecule has 4 nitrogen and oxygen atoms in total. The third-order valence-electron chi connectivity index (χ3n) is 1.91. The molecule has 5 heteroatoms. The molecule has 1 aliphatic heterocycles. The van der Waals surface area contributed by atoms with Gasteiger partial charge in [0.1, 0.15) is 0 Å². The first-order valence-electron chi connectivity index (χ1n) is 4.04. The van der Waals surface area contributed by atoms with Crippen molar-refractivity contribution in [3.8, 4) is 0 Å². The summed E-state index contributed by atoms with van der Waals surface area (Å²) < 4.78 is 10.4. The van der Waals surface area contributed by atoms with Crippen LogP contribution in [0.1, 0.15) is 12.8 Å². The number of thiocarbonyl (C=S) groups is 1. The van der Waals surface area contributed by atoms with Crippen molar-refractivity contribution in [3.63, 3.8) is 0 Å².